The first-order chi connectivity index (χ1) is 16.1. The average Bonchev–Trinajstić information content (AvgIpc) is 3.28. The Bertz CT molecular complexity index is 1200. The highest BCUT2D eigenvalue weighted by Crippen LogP contribution is 2.50. The molecule has 0 aliphatic carbocycles. The van der Waals surface area contributed by atoms with Crippen molar-refractivity contribution in [1.29, 1.82) is 0 Å². The molecule has 6 rings (SSSR count). The molecular weight excluding hydrogens is 453 g/mol. The van der Waals surface area contributed by atoms with Gasteiger partial charge < -0.3 is 4.74 Å². The van der Waals surface area contributed by atoms with Gasteiger partial charge in [0.1, 0.15) is 5.75 Å². The van der Waals surface area contributed by atoms with E-state index >= 15 is 0 Å². The van der Waals surface area contributed by atoms with Crippen LogP contribution in [0.1, 0.15) is 42.0 Å². The minimum absolute atomic E-state index is 0.150. The molecule has 1 spiro atoms. The van der Waals surface area contributed by atoms with E-state index < -0.39 is 5.72 Å². The second-order valence-corrected chi connectivity index (χ2v) is 9.93. The molecule has 0 unspecified atom stereocenters. The maximum absolute atomic E-state index is 6.74. The summed E-state index contributed by atoms with van der Waals surface area (Å²) in [5.74, 6) is 0.980. The topological polar surface area (TPSA) is 28.1 Å². The van der Waals surface area contributed by atoms with Gasteiger partial charge in [0, 0.05) is 55.0 Å². The molecule has 3 aliphatic rings. The van der Waals surface area contributed by atoms with Crippen molar-refractivity contribution in [3.8, 4) is 5.75 Å². The molecular formula is C27H25Cl2N3O. The number of fused-ring (bicyclic) bond motifs is 4. The lowest BCUT2D eigenvalue weighted by Crippen LogP contribution is -2.59. The van der Waals surface area contributed by atoms with E-state index in [1.807, 2.05) is 12.1 Å². The predicted octanol–water partition coefficient (Wildman–Crippen LogP) is 6.53. The lowest BCUT2D eigenvalue weighted by Gasteiger charge is -2.51. The zero-order valence-corrected chi connectivity index (χ0v) is 19.8. The highest BCUT2D eigenvalue weighted by Gasteiger charge is 2.51. The Morgan fingerprint density at radius 3 is 2.48 bits per heavy atom. The van der Waals surface area contributed by atoms with Crippen molar-refractivity contribution < 1.29 is 4.74 Å². The molecule has 33 heavy (non-hydrogen) atoms. The van der Waals surface area contributed by atoms with Crippen LogP contribution < -0.4 is 4.74 Å². The van der Waals surface area contributed by atoms with E-state index in [0.29, 0.717) is 10.0 Å². The molecule has 6 heteroatoms. The van der Waals surface area contributed by atoms with Crippen LogP contribution in [0.2, 0.25) is 10.0 Å². The van der Waals surface area contributed by atoms with Crippen LogP contribution in [0.3, 0.4) is 0 Å². The van der Waals surface area contributed by atoms with Crippen molar-refractivity contribution in [2.75, 3.05) is 13.1 Å². The standard InChI is InChI=1S/C27H25Cl2N3O/c28-20-10-11-21(23(29)16-20)24-17-25-22-8-4-5-9-26(22)33-27(32(25)30-24)12-14-31(15-13-27)18-19-6-2-1-3-7-19/h1-11,16,25H,12-15,17-18H2/t25-/m0/s1. The van der Waals surface area contributed by atoms with Gasteiger partial charge in [-0.1, -0.05) is 77.8 Å². The Hall–Kier alpha value is -2.53. The number of para-hydroxylation sites is 1. The Balaban J connectivity index is 1.31. The summed E-state index contributed by atoms with van der Waals surface area (Å²) in [4.78, 5) is 2.51. The zero-order chi connectivity index (χ0) is 22.4. The summed E-state index contributed by atoms with van der Waals surface area (Å²) in [6, 6.07) is 24.9. The highest BCUT2D eigenvalue weighted by atomic mass is 35.5. The molecule has 1 fully saturated rings. The lowest BCUT2D eigenvalue weighted by atomic mass is 9.90. The Morgan fingerprint density at radius 2 is 1.70 bits per heavy atom. The monoisotopic (exact) mass is 477 g/mol. The largest absolute Gasteiger partial charge is 0.466 e. The highest BCUT2D eigenvalue weighted by molar-refractivity contribution is 6.37. The molecule has 0 bridgehead atoms. The number of rotatable bonds is 3. The number of likely N-dealkylation sites (tertiary alicyclic amines) is 1. The summed E-state index contributed by atoms with van der Waals surface area (Å²) in [5.41, 5.74) is 4.05. The van der Waals surface area contributed by atoms with Gasteiger partial charge >= 0.3 is 0 Å². The molecule has 0 radical (unpaired) electrons. The van der Waals surface area contributed by atoms with Crippen LogP contribution in [0.25, 0.3) is 0 Å². The number of hydrogen-bond acceptors (Lipinski definition) is 4. The Kier molecular flexibility index (Phi) is 5.33. The summed E-state index contributed by atoms with van der Waals surface area (Å²) in [5, 5.41) is 8.64. The molecule has 0 N–H and O–H groups in total. The van der Waals surface area contributed by atoms with Gasteiger partial charge in [0.15, 0.2) is 0 Å². The summed E-state index contributed by atoms with van der Waals surface area (Å²) in [6.07, 6.45) is 2.60. The van der Waals surface area contributed by atoms with E-state index in [4.69, 9.17) is 33.0 Å². The van der Waals surface area contributed by atoms with Crippen LogP contribution in [0.5, 0.6) is 5.75 Å². The van der Waals surface area contributed by atoms with Crippen molar-refractivity contribution >= 4 is 28.9 Å². The SMILES string of the molecule is Clc1ccc(C2=NN3[C@@H](C2)c2ccccc2OC32CCN(Cc3ccccc3)CC2)c(Cl)c1. The molecule has 3 heterocycles. The molecule has 3 aromatic rings. The van der Waals surface area contributed by atoms with Gasteiger partial charge in [0.05, 0.1) is 16.8 Å². The molecule has 168 valence electrons. The Labute approximate surface area is 204 Å². The summed E-state index contributed by atoms with van der Waals surface area (Å²) in [6.45, 7) is 2.89. The average molecular weight is 478 g/mol. The number of nitrogens with zero attached hydrogens (tertiary/aromatic N) is 3. The maximum atomic E-state index is 6.74. The first-order valence-electron chi connectivity index (χ1n) is 11.5. The van der Waals surface area contributed by atoms with E-state index in [9.17, 15) is 0 Å². The molecule has 1 atom stereocenters. The Morgan fingerprint density at radius 1 is 0.939 bits per heavy atom. The van der Waals surface area contributed by atoms with Crippen molar-refractivity contribution in [2.24, 2.45) is 5.10 Å². The zero-order valence-electron chi connectivity index (χ0n) is 18.3. The molecule has 3 aliphatic heterocycles. The number of halogens is 2. The molecule has 0 saturated carbocycles. The van der Waals surface area contributed by atoms with Crippen LogP contribution in [0.4, 0.5) is 0 Å². The number of hydrazone groups is 1. The van der Waals surface area contributed by atoms with Gasteiger partial charge in [-0.15, -0.1) is 0 Å². The van der Waals surface area contributed by atoms with Crippen molar-refractivity contribution in [1.82, 2.24) is 9.91 Å². The summed E-state index contributed by atoms with van der Waals surface area (Å²) < 4.78 is 6.74. The van der Waals surface area contributed by atoms with Gasteiger partial charge in [0.25, 0.3) is 0 Å². The predicted molar refractivity (Wildman–Crippen MR) is 133 cm³/mol. The van der Waals surface area contributed by atoms with Crippen molar-refractivity contribution in [2.45, 2.75) is 37.6 Å². The summed E-state index contributed by atoms with van der Waals surface area (Å²) >= 11 is 12.7. The third kappa shape index (κ3) is 3.80. The molecule has 3 aromatic carbocycles. The van der Waals surface area contributed by atoms with Gasteiger partial charge in [-0.3, -0.25) is 4.90 Å². The minimum atomic E-state index is -0.438. The fraction of sp³-hybridized carbons (Fsp3) is 0.296. The first kappa shape index (κ1) is 21.0. The second-order valence-electron chi connectivity index (χ2n) is 9.08. The lowest BCUT2D eigenvalue weighted by molar-refractivity contribution is -0.150. The fourth-order valence-corrected chi connectivity index (χ4v) is 5.87. The van der Waals surface area contributed by atoms with E-state index in [1.165, 1.54) is 11.1 Å². The first-order valence-corrected chi connectivity index (χ1v) is 12.2. The second kappa shape index (κ2) is 8.35. The normalized spacial score (nSPS) is 21.3. The van der Waals surface area contributed by atoms with E-state index in [1.54, 1.807) is 6.07 Å². The van der Waals surface area contributed by atoms with Crippen LogP contribution in [-0.4, -0.2) is 34.4 Å². The van der Waals surface area contributed by atoms with Gasteiger partial charge in [-0.25, -0.2) is 5.01 Å². The number of ether oxygens (including phenoxy) is 1. The van der Waals surface area contributed by atoms with E-state index in [-0.39, 0.29) is 6.04 Å². The van der Waals surface area contributed by atoms with Gasteiger partial charge in [-0.2, -0.15) is 5.10 Å². The number of piperidine rings is 1. The van der Waals surface area contributed by atoms with Gasteiger partial charge in [-0.05, 0) is 23.8 Å². The molecule has 4 nitrogen and oxygen atoms in total. The quantitative estimate of drug-likeness (QED) is 0.429. The fourth-order valence-electron chi connectivity index (χ4n) is 5.35. The van der Waals surface area contributed by atoms with E-state index in [0.717, 1.165) is 55.9 Å². The number of hydrogen-bond donors (Lipinski definition) is 0. The summed E-state index contributed by atoms with van der Waals surface area (Å²) in [7, 11) is 0. The third-order valence-electron chi connectivity index (χ3n) is 7.03. The molecule has 1 saturated heterocycles. The maximum Gasteiger partial charge on any atom is 0.200 e. The smallest absolute Gasteiger partial charge is 0.200 e. The van der Waals surface area contributed by atoms with Crippen LogP contribution in [-0.2, 0) is 6.54 Å². The van der Waals surface area contributed by atoms with Crippen molar-refractivity contribution in [3.63, 3.8) is 0 Å². The van der Waals surface area contributed by atoms with Crippen LogP contribution in [0.15, 0.2) is 77.9 Å². The molecule has 0 amide bonds. The number of benzene rings is 3. The van der Waals surface area contributed by atoms with E-state index in [2.05, 4.69) is 64.5 Å². The van der Waals surface area contributed by atoms with Crippen LogP contribution >= 0.6 is 23.2 Å². The molecule has 0 aromatic heterocycles. The minimum Gasteiger partial charge on any atom is -0.466 e. The van der Waals surface area contributed by atoms with Gasteiger partial charge in [0.2, 0.25) is 5.72 Å². The third-order valence-corrected chi connectivity index (χ3v) is 7.58. The van der Waals surface area contributed by atoms with Crippen LogP contribution in [0, 0.1) is 0 Å². The van der Waals surface area contributed by atoms with Crippen molar-refractivity contribution in [3.05, 3.63) is 99.5 Å².